The Kier molecular flexibility index (Phi) is 10.8. The smallest absolute Gasteiger partial charge is 0.411 e. The van der Waals surface area contributed by atoms with Crippen LogP contribution in [0.3, 0.4) is 0 Å². The van der Waals surface area contributed by atoms with Crippen LogP contribution in [-0.2, 0) is 20.9 Å². The predicted octanol–water partition coefficient (Wildman–Crippen LogP) is -0.520. The Labute approximate surface area is 217 Å². The van der Waals surface area contributed by atoms with E-state index in [1.165, 1.54) is 0 Å². The van der Waals surface area contributed by atoms with E-state index in [9.17, 15) is 23.6 Å². The van der Waals surface area contributed by atoms with Gasteiger partial charge in [-0.15, -0.1) is 0 Å². The zero-order valence-corrected chi connectivity index (χ0v) is 20.7. The third kappa shape index (κ3) is 8.27. The number of carboxylic acids is 2. The average Bonchev–Trinajstić information content (AvgIpc) is 2.82. The van der Waals surface area contributed by atoms with Gasteiger partial charge in [0.1, 0.15) is 0 Å². The second-order valence-electron chi connectivity index (χ2n) is 8.96. The summed E-state index contributed by atoms with van der Waals surface area (Å²) in [5, 5.41) is 43.1. The highest BCUT2D eigenvalue weighted by atomic mass is 19.1. The number of rotatable bonds is 7. The minimum Gasteiger partial charge on any atom is -0.479 e. The van der Waals surface area contributed by atoms with Crippen molar-refractivity contribution in [1.82, 2.24) is 10.2 Å². The van der Waals surface area contributed by atoms with Crippen molar-refractivity contribution in [1.29, 1.82) is 0 Å². The molecule has 1 aromatic carbocycles. The van der Waals surface area contributed by atoms with Crippen LogP contribution in [0.5, 0.6) is 0 Å². The van der Waals surface area contributed by atoms with Crippen LogP contribution in [0.1, 0.15) is 25.3 Å². The zero-order chi connectivity index (χ0) is 28.6. The largest absolute Gasteiger partial charge is 0.479 e. The number of hydrogen-bond acceptors (Lipinski definition) is 8. The van der Waals surface area contributed by atoms with Crippen molar-refractivity contribution in [2.45, 2.75) is 38.5 Å². The van der Waals surface area contributed by atoms with E-state index >= 15 is 0 Å². The molecule has 0 bridgehead atoms. The minimum absolute atomic E-state index is 0.0352. The molecule has 2 aliphatic rings. The summed E-state index contributed by atoms with van der Waals surface area (Å²) in [5.74, 6) is -2.92. The molecule has 2 atom stereocenters. The van der Waals surface area contributed by atoms with E-state index in [0.29, 0.717) is 23.1 Å². The molecule has 15 heteroatoms. The summed E-state index contributed by atoms with van der Waals surface area (Å²) in [4.78, 5) is 49.3. The molecule has 2 fully saturated rings. The number of benzene rings is 1. The van der Waals surface area contributed by atoms with Gasteiger partial charge in [0.05, 0.1) is 12.2 Å². The number of carboxylic acid groups (broad SMARTS) is 3. The number of nitrogens with zero attached hydrogens (tertiary/aromatic N) is 3. The lowest BCUT2D eigenvalue weighted by Crippen LogP contribution is -2.52. The van der Waals surface area contributed by atoms with Crippen LogP contribution in [0.25, 0.3) is 0 Å². The number of aliphatic hydroxyl groups excluding tert-OH is 2. The van der Waals surface area contributed by atoms with Crippen LogP contribution in [-0.4, -0.2) is 98.7 Å². The molecule has 2 saturated heterocycles. The van der Waals surface area contributed by atoms with E-state index in [2.05, 4.69) is 4.99 Å². The summed E-state index contributed by atoms with van der Waals surface area (Å²) >= 11 is 0. The summed E-state index contributed by atoms with van der Waals surface area (Å²) in [7, 11) is 0. The van der Waals surface area contributed by atoms with Gasteiger partial charge < -0.3 is 41.1 Å². The number of likely N-dealkylation sites (tertiary alicyclic amines) is 1. The third-order valence-corrected chi connectivity index (χ3v) is 6.42. The number of carbonyl (C=O) groups is 4. The number of aliphatic carboxylic acids is 2. The van der Waals surface area contributed by atoms with Crippen molar-refractivity contribution in [3.63, 3.8) is 0 Å². The first-order chi connectivity index (χ1) is 17.8. The fourth-order valence-corrected chi connectivity index (χ4v) is 4.22. The number of anilines is 1. The van der Waals surface area contributed by atoms with E-state index in [0.717, 1.165) is 39.0 Å². The van der Waals surface area contributed by atoms with Crippen molar-refractivity contribution in [2.75, 3.05) is 31.1 Å². The number of nitrogens with one attached hydrogen (secondary N) is 1. The fraction of sp³-hybridized carbons (Fsp3) is 0.522. The van der Waals surface area contributed by atoms with E-state index in [-0.39, 0.29) is 24.2 Å². The van der Waals surface area contributed by atoms with Gasteiger partial charge in [0.2, 0.25) is 5.91 Å². The summed E-state index contributed by atoms with van der Waals surface area (Å²) in [6.07, 6.45) is -3.83. The molecule has 2 heterocycles. The Balaban J connectivity index is 0.000000432. The third-order valence-electron chi connectivity index (χ3n) is 6.42. The number of amides is 2. The lowest BCUT2D eigenvalue weighted by atomic mass is 9.79. The van der Waals surface area contributed by atoms with Gasteiger partial charge in [0, 0.05) is 38.7 Å². The highest BCUT2D eigenvalue weighted by Gasteiger charge is 2.36. The molecule has 0 aliphatic carbocycles. The second-order valence-corrected chi connectivity index (χ2v) is 8.96. The monoisotopic (exact) mass is 541 g/mol. The normalized spacial score (nSPS) is 17.9. The van der Waals surface area contributed by atoms with Crippen molar-refractivity contribution >= 4 is 35.6 Å². The highest BCUT2D eigenvalue weighted by molar-refractivity contribution is 5.92. The molecule has 210 valence electrons. The molecular weight excluding hydrogens is 509 g/mol. The molecule has 3 rings (SSSR count). The molecule has 38 heavy (non-hydrogen) atoms. The Hall–Kier alpha value is -3.98. The summed E-state index contributed by atoms with van der Waals surface area (Å²) < 4.78 is 14.8. The second kappa shape index (κ2) is 13.5. The van der Waals surface area contributed by atoms with Gasteiger partial charge >= 0.3 is 18.0 Å². The Morgan fingerprint density at radius 2 is 1.61 bits per heavy atom. The first-order valence-electron chi connectivity index (χ1n) is 11.7. The minimum atomic E-state index is -2.27. The van der Waals surface area contributed by atoms with Gasteiger partial charge in [0.15, 0.2) is 24.0 Å². The Morgan fingerprint density at radius 3 is 2.08 bits per heavy atom. The first-order valence-corrected chi connectivity index (χ1v) is 11.7. The quantitative estimate of drug-likeness (QED) is 0.172. The summed E-state index contributed by atoms with van der Waals surface area (Å²) in [5.41, 5.74) is 6.34. The molecule has 0 saturated carbocycles. The molecule has 2 aliphatic heterocycles. The van der Waals surface area contributed by atoms with E-state index in [1.54, 1.807) is 25.1 Å². The van der Waals surface area contributed by atoms with Crippen LogP contribution in [0.4, 0.5) is 14.9 Å². The molecular formula is C23H32FN5O9. The topological polar surface area (TPSA) is 226 Å². The SMILES string of the molecule is CC(=O)N1CCC(C2CN(c3cccc(CN=C(N)NC(=O)O)c3F)C2)CC1.O=C(O)[C@H](O)[C@@H](O)C(=O)O. The lowest BCUT2D eigenvalue weighted by molar-refractivity contribution is -0.165. The number of hydrogen-bond donors (Lipinski definition) is 7. The standard InChI is InChI=1S/C19H26FN5O3.C4H6O6/c1-12(26)24-7-5-13(6-8-24)15-10-25(11-15)16-4-2-3-14(17(16)20)9-22-18(21)23-19(27)28;5-1(3(7)8)2(6)4(9)10/h2-4,13,15H,5-11H2,1H3,(H,27,28)(H3,21,22,23);1-2,5-6H,(H,7,8)(H,9,10)/t;1-,2-/m.1/s1. The van der Waals surface area contributed by atoms with Crippen LogP contribution >= 0.6 is 0 Å². The van der Waals surface area contributed by atoms with Gasteiger partial charge in [-0.25, -0.2) is 23.8 Å². The Bertz CT molecular complexity index is 1040. The van der Waals surface area contributed by atoms with Gasteiger partial charge in [-0.2, -0.15) is 0 Å². The van der Waals surface area contributed by atoms with Crippen LogP contribution in [0.2, 0.25) is 0 Å². The molecule has 1 aromatic rings. The maximum Gasteiger partial charge on any atom is 0.411 e. The molecule has 0 spiro atoms. The predicted molar refractivity (Wildman–Crippen MR) is 131 cm³/mol. The van der Waals surface area contributed by atoms with Crippen molar-refractivity contribution in [3.05, 3.63) is 29.6 Å². The molecule has 0 radical (unpaired) electrons. The highest BCUT2D eigenvalue weighted by Crippen LogP contribution is 2.36. The van der Waals surface area contributed by atoms with Crippen molar-refractivity contribution in [3.8, 4) is 0 Å². The molecule has 2 amide bonds. The number of aliphatic hydroxyl groups is 2. The van der Waals surface area contributed by atoms with E-state index in [4.69, 9.17) is 31.3 Å². The number of aliphatic imine (C=N–C) groups is 1. The van der Waals surface area contributed by atoms with E-state index < -0.39 is 30.2 Å². The number of guanidine groups is 1. The number of piperidine rings is 1. The van der Waals surface area contributed by atoms with Gasteiger partial charge in [0.25, 0.3) is 0 Å². The summed E-state index contributed by atoms with van der Waals surface area (Å²) in [6, 6.07) is 5.13. The van der Waals surface area contributed by atoms with Crippen LogP contribution in [0.15, 0.2) is 23.2 Å². The molecule has 0 unspecified atom stereocenters. The number of nitrogens with two attached hydrogens (primary N) is 1. The van der Waals surface area contributed by atoms with Gasteiger partial charge in [-0.3, -0.25) is 10.1 Å². The molecule has 8 N–H and O–H groups in total. The maximum absolute atomic E-state index is 14.8. The number of halogens is 1. The molecule has 14 nitrogen and oxygen atoms in total. The van der Waals surface area contributed by atoms with Crippen LogP contribution < -0.4 is 16.0 Å². The summed E-state index contributed by atoms with van der Waals surface area (Å²) in [6.45, 7) is 4.80. The lowest BCUT2D eigenvalue weighted by Gasteiger charge is -2.47. The van der Waals surface area contributed by atoms with E-state index in [1.807, 2.05) is 15.1 Å². The maximum atomic E-state index is 14.8. The van der Waals surface area contributed by atoms with Gasteiger partial charge in [-0.05, 0) is 30.7 Å². The first kappa shape index (κ1) is 30.2. The van der Waals surface area contributed by atoms with Crippen molar-refractivity contribution < 1.29 is 49.1 Å². The van der Waals surface area contributed by atoms with Crippen molar-refractivity contribution in [2.24, 2.45) is 22.6 Å². The Morgan fingerprint density at radius 1 is 1.05 bits per heavy atom. The fourth-order valence-electron chi connectivity index (χ4n) is 4.22. The molecule has 0 aromatic heterocycles. The average molecular weight is 542 g/mol. The number of carbonyl (C=O) groups excluding carboxylic acids is 1. The van der Waals surface area contributed by atoms with Gasteiger partial charge in [-0.1, -0.05) is 12.1 Å². The zero-order valence-electron chi connectivity index (χ0n) is 20.7. The van der Waals surface area contributed by atoms with Crippen LogP contribution in [0, 0.1) is 17.7 Å².